The number of halogens is 2. The molecule has 1 fully saturated rings. The molecule has 0 bridgehead atoms. The van der Waals surface area contributed by atoms with Gasteiger partial charge in [0.15, 0.2) is 11.6 Å². The number of hydrogen-bond acceptors (Lipinski definition) is 5. The van der Waals surface area contributed by atoms with E-state index < -0.39 is 0 Å². The lowest BCUT2D eigenvalue weighted by Gasteiger charge is -2.32. The topological polar surface area (TPSA) is 55.2 Å². The standard InChI is InChI=1S/C18H24FN5O.ClH/c1-25-16-3-2-13(10-15(16)19)12-23-7-4-14(5-8-23)18-22-21-17-11-20-6-9-24(17)18;/h2-3,10,14,20H,4-9,11-12H2,1H3;1H. The minimum Gasteiger partial charge on any atom is -0.494 e. The zero-order valence-electron chi connectivity index (χ0n) is 14.9. The highest BCUT2D eigenvalue weighted by Gasteiger charge is 2.27. The fourth-order valence-corrected chi connectivity index (χ4v) is 3.83. The first kappa shape index (κ1) is 19.1. The van der Waals surface area contributed by atoms with Crippen molar-refractivity contribution in [2.45, 2.75) is 38.4 Å². The summed E-state index contributed by atoms with van der Waals surface area (Å²) in [5.41, 5.74) is 0.989. The highest BCUT2D eigenvalue weighted by Crippen LogP contribution is 2.29. The molecule has 3 heterocycles. The molecule has 6 nitrogen and oxygen atoms in total. The van der Waals surface area contributed by atoms with Crippen molar-refractivity contribution < 1.29 is 9.13 Å². The van der Waals surface area contributed by atoms with Gasteiger partial charge in [-0.1, -0.05) is 6.07 Å². The van der Waals surface area contributed by atoms with Crippen LogP contribution in [0.25, 0.3) is 0 Å². The second-order valence-corrected chi connectivity index (χ2v) is 6.82. The maximum Gasteiger partial charge on any atom is 0.165 e. The lowest BCUT2D eigenvalue weighted by molar-refractivity contribution is 0.199. The van der Waals surface area contributed by atoms with Crippen LogP contribution in [0.1, 0.15) is 36.0 Å². The van der Waals surface area contributed by atoms with Gasteiger partial charge in [0.1, 0.15) is 11.6 Å². The highest BCUT2D eigenvalue weighted by atomic mass is 35.5. The quantitative estimate of drug-likeness (QED) is 0.880. The highest BCUT2D eigenvalue weighted by molar-refractivity contribution is 5.85. The fraction of sp³-hybridized carbons (Fsp3) is 0.556. The largest absolute Gasteiger partial charge is 0.494 e. The maximum atomic E-state index is 13.8. The van der Waals surface area contributed by atoms with Crippen molar-refractivity contribution in [3.05, 3.63) is 41.2 Å². The van der Waals surface area contributed by atoms with Crippen molar-refractivity contribution >= 4 is 12.4 Å². The molecule has 8 heteroatoms. The van der Waals surface area contributed by atoms with Crippen LogP contribution in [0.15, 0.2) is 18.2 Å². The third-order valence-electron chi connectivity index (χ3n) is 5.23. The summed E-state index contributed by atoms with van der Waals surface area (Å²) in [6, 6.07) is 5.22. The van der Waals surface area contributed by atoms with Gasteiger partial charge in [-0.3, -0.25) is 4.90 Å². The summed E-state index contributed by atoms with van der Waals surface area (Å²) in [6.45, 7) is 5.53. The van der Waals surface area contributed by atoms with Crippen molar-refractivity contribution in [1.29, 1.82) is 0 Å². The maximum absolute atomic E-state index is 13.8. The van der Waals surface area contributed by atoms with E-state index in [9.17, 15) is 4.39 Å². The molecule has 1 aromatic carbocycles. The molecule has 0 amide bonds. The second-order valence-electron chi connectivity index (χ2n) is 6.82. The number of rotatable bonds is 4. The van der Waals surface area contributed by atoms with Gasteiger partial charge < -0.3 is 14.6 Å². The normalized spacial score (nSPS) is 18.2. The van der Waals surface area contributed by atoms with Crippen LogP contribution in [0, 0.1) is 5.82 Å². The van der Waals surface area contributed by atoms with Crippen molar-refractivity contribution in [1.82, 2.24) is 25.0 Å². The van der Waals surface area contributed by atoms with E-state index in [0.717, 1.165) is 69.3 Å². The van der Waals surface area contributed by atoms with Gasteiger partial charge in [0, 0.05) is 25.6 Å². The average Bonchev–Trinajstić information content (AvgIpc) is 3.07. The molecule has 0 radical (unpaired) electrons. The van der Waals surface area contributed by atoms with E-state index in [-0.39, 0.29) is 18.2 Å². The van der Waals surface area contributed by atoms with Crippen molar-refractivity contribution in [2.24, 2.45) is 0 Å². The van der Waals surface area contributed by atoms with E-state index >= 15 is 0 Å². The first-order valence-electron chi connectivity index (χ1n) is 8.92. The molecule has 0 aliphatic carbocycles. The van der Waals surface area contributed by atoms with E-state index in [1.54, 1.807) is 12.1 Å². The van der Waals surface area contributed by atoms with Crippen LogP contribution in [0.3, 0.4) is 0 Å². The summed E-state index contributed by atoms with van der Waals surface area (Å²) < 4.78 is 21.1. The number of nitrogens with zero attached hydrogens (tertiary/aromatic N) is 4. The average molecular weight is 382 g/mol. The van der Waals surface area contributed by atoms with E-state index in [2.05, 4.69) is 25.0 Å². The number of hydrogen-bond donors (Lipinski definition) is 1. The van der Waals surface area contributed by atoms with Crippen molar-refractivity contribution in [2.75, 3.05) is 26.7 Å². The third kappa shape index (κ3) is 3.84. The number of piperidine rings is 1. The summed E-state index contributed by atoms with van der Waals surface area (Å²) >= 11 is 0. The van der Waals surface area contributed by atoms with Gasteiger partial charge in [-0.25, -0.2) is 4.39 Å². The Morgan fingerprint density at radius 3 is 2.77 bits per heavy atom. The number of nitrogens with one attached hydrogen (secondary N) is 1. The molecule has 0 unspecified atom stereocenters. The Kier molecular flexibility index (Phi) is 6.11. The lowest BCUT2D eigenvalue weighted by Crippen LogP contribution is -2.34. The van der Waals surface area contributed by atoms with Crippen LogP contribution in [-0.4, -0.2) is 46.4 Å². The summed E-state index contributed by atoms with van der Waals surface area (Å²) in [7, 11) is 1.49. The van der Waals surface area contributed by atoms with Gasteiger partial charge in [-0.2, -0.15) is 0 Å². The number of methoxy groups -OCH3 is 1. The minimum absolute atomic E-state index is 0. The number of likely N-dealkylation sites (tertiary alicyclic amines) is 1. The number of ether oxygens (including phenoxy) is 1. The molecular formula is C18H25ClFN5O. The lowest BCUT2D eigenvalue weighted by atomic mass is 9.95. The molecule has 1 N–H and O–H groups in total. The van der Waals surface area contributed by atoms with Gasteiger partial charge in [0.2, 0.25) is 0 Å². The number of fused-ring (bicyclic) bond motifs is 1. The Hall–Kier alpha value is -1.70. The number of aromatic nitrogens is 3. The monoisotopic (exact) mass is 381 g/mol. The summed E-state index contributed by atoms with van der Waals surface area (Å²) in [5.74, 6) is 2.68. The van der Waals surface area contributed by atoms with Crippen LogP contribution in [0.4, 0.5) is 4.39 Å². The SMILES string of the molecule is COc1ccc(CN2CCC(c3nnc4n3CCNC4)CC2)cc1F.Cl. The Balaban J connectivity index is 0.00000196. The zero-order chi connectivity index (χ0) is 17.2. The molecule has 2 aliphatic rings. The molecule has 0 saturated carbocycles. The Morgan fingerprint density at radius 2 is 2.04 bits per heavy atom. The molecule has 0 atom stereocenters. The Bertz CT molecular complexity index is 745. The van der Waals surface area contributed by atoms with E-state index in [4.69, 9.17) is 4.74 Å². The molecule has 2 aromatic rings. The first-order valence-corrected chi connectivity index (χ1v) is 8.92. The number of benzene rings is 1. The molecular weight excluding hydrogens is 357 g/mol. The van der Waals surface area contributed by atoms with Crippen LogP contribution in [-0.2, 0) is 19.6 Å². The molecule has 1 saturated heterocycles. The third-order valence-corrected chi connectivity index (χ3v) is 5.23. The summed E-state index contributed by atoms with van der Waals surface area (Å²) in [5, 5.41) is 12.1. The second kappa shape index (κ2) is 8.33. The van der Waals surface area contributed by atoms with E-state index in [0.29, 0.717) is 11.7 Å². The van der Waals surface area contributed by atoms with E-state index in [1.807, 2.05) is 6.07 Å². The molecule has 142 valence electrons. The van der Waals surface area contributed by atoms with Crippen LogP contribution >= 0.6 is 12.4 Å². The predicted octanol–water partition coefficient (Wildman–Crippen LogP) is 2.33. The first-order chi connectivity index (χ1) is 12.2. The predicted molar refractivity (Wildman–Crippen MR) is 99.2 cm³/mol. The van der Waals surface area contributed by atoms with Gasteiger partial charge in [-0.15, -0.1) is 22.6 Å². The molecule has 0 spiro atoms. The Labute approximate surface area is 159 Å². The van der Waals surface area contributed by atoms with Gasteiger partial charge in [-0.05, 0) is 43.6 Å². The summed E-state index contributed by atoms with van der Waals surface area (Å²) in [6.07, 6.45) is 2.15. The van der Waals surface area contributed by atoms with Crippen molar-refractivity contribution in [3.8, 4) is 5.75 Å². The van der Waals surface area contributed by atoms with Gasteiger partial charge >= 0.3 is 0 Å². The molecule has 4 rings (SSSR count). The van der Waals surface area contributed by atoms with Crippen molar-refractivity contribution in [3.63, 3.8) is 0 Å². The molecule has 1 aromatic heterocycles. The fourth-order valence-electron chi connectivity index (χ4n) is 3.83. The van der Waals surface area contributed by atoms with Crippen LogP contribution in [0.5, 0.6) is 5.75 Å². The molecule has 26 heavy (non-hydrogen) atoms. The van der Waals surface area contributed by atoms with Gasteiger partial charge in [0.05, 0.1) is 13.7 Å². The molecule has 2 aliphatic heterocycles. The summed E-state index contributed by atoms with van der Waals surface area (Å²) in [4.78, 5) is 2.38. The van der Waals surface area contributed by atoms with Gasteiger partial charge in [0.25, 0.3) is 0 Å². The smallest absolute Gasteiger partial charge is 0.165 e. The van der Waals surface area contributed by atoms with E-state index in [1.165, 1.54) is 7.11 Å². The minimum atomic E-state index is -0.293. The Morgan fingerprint density at radius 1 is 1.23 bits per heavy atom. The van der Waals surface area contributed by atoms with Crippen LogP contribution in [0.2, 0.25) is 0 Å². The zero-order valence-corrected chi connectivity index (χ0v) is 15.8. The van der Waals surface area contributed by atoms with Crippen LogP contribution < -0.4 is 10.1 Å².